The number of nitrogens with zero attached hydrogens (tertiary/aromatic N) is 2. The third-order valence-electron chi connectivity index (χ3n) is 3.81. The molecule has 0 aliphatic carbocycles. The molecule has 7 heteroatoms. The molecule has 1 amide bonds. The first-order chi connectivity index (χ1) is 8.80. The lowest BCUT2D eigenvalue weighted by Crippen LogP contribution is -2.49. The highest BCUT2D eigenvalue weighted by molar-refractivity contribution is 7.89. The number of hydrogen-bond donors (Lipinski definition) is 1. The third-order valence-corrected chi connectivity index (χ3v) is 5.76. The Balaban J connectivity index is 1.85. The number of amides is 1. The molecule has 0 radical (unpaired) electrons. The highest BCUT2D eigenvalue weighted by Gasteiger charge is 2.32. The number of aliphatic hydroxyl groups is 1. The van der Waals surface area contributed by atoms with Crippen molar-refractivity contribution in [2.45, 2.75) is 38.2 Å². The lowest BCUT2D eigenvalue weighted by Gasteiger charge is -2.37. The summed E-state index contributed by atoms with van der Waals surface area (Å²) >= 11 is 0. The summed E-state index contributed by atoms with van der Waals surface area (Å²) in [5.74, 6) is 0.127. The molecule has 0 aromatic carbocycles. The van der Waals surface area contributed by atoms with E-state index in [1.54, 1.807) is 11.8 Å². The fourth-order valence-electron chi connectivity index (χ4n) is 2.75. The van der Waals surface area contributed by atoms with Crippen LogP contribution in [0.15, 0.2) is 0 Å². The average molecular weight is 290 g/mol. The zero-order valence-corrected chi connectivity index (χ0v) is 12.2. The van der Waals surface area contributed by atoms with Crippen molar-refractivity contribution in [1.82, 2.24) is 9.21 Å². The molecule has 2 fully saturated rings. The Labute approximate surface area is 114 Å². The predicted molar refractivity (Wildman–Crippen MR) is 71.0 cm³/mol. The highest BCUT2D eigenvalue weighted by atomic mass is 32.2. The summed E-state index contributed by atoms with van der Waals surface area (Å²) in [6, 6.07) is 0. The van der Waals surface area contributed by atoms with Crippen LogP contribution in [-0.2, 0) is 14.8 Å². The Morgan fingerprint density at radius 1 is 1.32 bits per heavy atom. The molecule has 0 saturated carbocycles. The van der Waals surface area contributed by atoms with Crippen LogP contribution < -0.4 is 0 Å². The van der Waals surface area contributed by atoms with E-state index in [4.69, 9.17) is 0 Å². The van der Waals surface area contributed by atoms with Gasteiger partial charge in [0.1, 0.15) is 0 Å². The van der Waals surface area contributed by atoms with Crippen molar-refractivity contribution in [3.8, 4) is 0 Å². The summed E-state index contributed by atoms with van der Waals surface area (Å²) in [6.07, 6.45) is 2.35. The van der Waals surface area contributed by atoms with Crippen LogP contribution >= 0.6 is 0 Å². The Morgan fingerprint density at radius 3 is 2.63 bits per heavy atom. The van der Waals surface area contributed by atoms with Crippen LogP contribution in [-0.4, -0.2) is 66.2 Å². The van der Waals surface area contributed by atoms with E-state index in [2.05, 4.69) is 0 Å². The van der Waals surface area contributed by atoms with Gasteiger partial charge in [-0.3, -0.25) is 4.79 Å². The van der Waals surface area contributed by atoms with Gasteiger partial charge in [0, 0.05) is 32.6 Å². The van der Waals surface area contributed by atoms with E-state index >= 15 is 0 Å². The van der Waals surface area contributed by atoms with Crippen LogP contribution in [0.25, 0.3) is 0 Å². The summed E-state index contributed by atoms with van der Waals surface area (Å²) < 4.78 is 24.6. The van der Waals surface area contributed by atoms with E-state index in [0.717, 1.165) is 6.42 Å². The largest absolute Gasteiger partial charge is 0.388 e. The quantitative estimate of drug-likeness (QED) is 0.780. The topological polar surface area (TPSA) is 77.9 Å². The monoisotopic (exact) mass is 290 g/mol. The number of carbonyl (C=O) groups excluding carboxylic acids is 1. The van der Waals surface area contributed by atoms with E-state index in [1.165, 1.54) is 4.31 Å². The van der Waals surface area contributed by atoms with Gasteiger partial charge >= 0.3 is 0 Å². The van der Waals surface area contributed by atoms with E-state index in [-0.39, 0.29) is 24.6 Å². The number of likely N-dealkylation sites (tertiary alicyclic amines) is 1. The predicted octanol–water partition coefficient (Wildman–Crippen LogP) is -0.215. The van der Waals surface area contributed by atoms with Crippen LogP contribution in [0.1, 0.15) is 32.6 Å². The summed E-state index contributed by atoms with van der Waals surface area (Å²) in [4.78, 5) is 13.7. The maximum Gasteiger partial charge on any atom is 0.223 e. The zero-order chi connectivity index (χ0) is 14.1. The van der Waals surface area contributed by atoms with Crippen molar-refractivity contribution >= 4 is 15.9 Å². The number of rotatable bonds is 3. The number of piperidine rings is 1. The molecule has 2 rings (SSSR count). The van der Waals surface area contributed by atoms with Gasteiger partial charge in [-0.15, -0.1) is 0 Å². The first kappa shape index (κ1) is 14.7. The average Bonchev–Trinajstić information content (AvgIpc) is 2.64. The second-order valence-electron chi connectivity index (χ2n) is 5.73. The highest BCUT2D eigenvalue weighted by Crippen LogP contribution is 2.21. The molecule has 0 aromatic rings. The summed E-state index contributed by atoms with van der Waals surface area (Å²) in [5.41, 5.74) is -0.812. The molecule has 2 saturated heterocycles. The van der Waals surface area contributed by atoms with Crippen LogP contribution in [0.5, 0.6) is 0 Å². The Bertz CT molecular complexity index is 447. The second-order valence-corrected chi connectivity index (χ2v) is 7.82. The van der Waals surface area contributed by atoms with E-state index in [9.17, 15) is 18.3 Å². The van der Waals surface area contributed by atoms with Crippen LogP contribution in [0.2, 0.25) is 0 Å². The van der Waals surface area contributed by atoms with Gasteiger partial charge in [-0.2, -0.15) is 0 Å². The lowest BCUT2D eigenvalue weighted by molar-refractivity contribution is -0.137. The molecule has 2 heterocycles. The molecular formula is C12H22N2O4S. The number of hydrogen-bond acceptors (Lipinski definition) is 4. The normalized spacial score (nSPS) is 31.6. The Morgan fingerprint density at radius 2 is 2.05 bits per heavy atom. The number of sulfonamides is 1. The zero-order valence-electron chi connectivity index (χ0n) is 11.3. The molecule has 0 bridgehead atoms. The van der Waals surface area contributed by atoms with Crippen molar-refractivity contribution < 1.29 is 18.3 Å². The molecule has 6 nitrogen and oxygen atoms in total. The Kier molecular flexibility index (Phi) is 4.17. The van der Waals surface area contributed by atoms with Crippen molar-refractivity contribution in [3.05, 3.63) is 0 Å². The smallest absolute Gasteiger partial charge is 0.223 e. The van der Waals surface area contributed by atoms with Gasteiger partial charge in [-0.05, 0) is 26.2 Å². The SMILES string of the molecule is CC1(O)CCCN(C(=O)CCN2CCCS2(=O)=O)C1. The molecule has 1 unspecified atom stereocenters. The maximum atomic E-state index is 12.0. The van der Waals surface area contributed by atoms with Gasteiger partial charge in [-0.25, -0.2) is 12.7 Å². The van der Waals surface area contributed by atoms with E-state index in [0.29, 0.717) is 32.5 Å². The molecule has 2 aliphatic heterocycles. The molecule has 19 heavy (non-hydrogen) atoms. The minimum atomic E-state index is -3.12. The van der Waals surface area contributed by atoms with Crippen LogP contribution in [0.3, 0.4) is 0 Å². The van der Waals surface area contributed by atoms with Gasteiger partial charge < -0.3 is 10.0 Å². The maximum absolute atomic E-state index is 12.0. The fraction of sp³-hybridized carbons (Fsp3) is 0.917. The number of β-amino-alcohol motifs (C(OH)–C–C–N with tert-alkyl or cyclic N) is 1. The lowest BCUT2D eigenvalue weighted by atomic mass is 9.95. The first-order valence-corrected chi connectivity index (χ1v) is 8.39. The third kappa shape index (κ3) is 3.67. The molecule has 1 N–H and O–H groups in total. The minimum Gasteiger partial charge on any atom is -0.388 e. The van der Waals surface area contributed by atoms with Crippen molar-refractivity contribution in [2.75, 3.05) is 31.9 Å². The van der Waals surface area contributed by atoms with Gasteiger partial charge in [-0.1, -0.05) is 0 Å². The van der Waals surface area contributed by atoms with Gasteiger partial charge in [0.05, 0.1) is 11.4 Å². The van der Waals surface area contributed by atoms with Gasteiger partial charge in [0.2, 0.25) is 15.9 Å². The fourth-order valence-corrected chi connectivity index (χ4v) is 4.28. The van der Waals surface area contributed by atoms with Crippen LogP contribution in [0, 0.1) is 0 Å². The first-order valence-electron chi connectivity index (χ1n) is 6.78. The standard InChI is InChI=1S/C12H22N2O4S/c1-12(16)5-2-6-13(10-12)11(15)4-8-14-7-3-9-19(14,17)18/h16H,2-10H2,1H3. The van der Waals surface area contributed by atoms with Crippen molar-refractivity contribution in [1.29, 1.82) is 0 Å². The molecule has 110 valence electrons. The summed E-state index contributed by atoms with van der Waals surface area (Å²) in [6.45, 7) is 3.52. The van der Waals surface area contributed by atoms with Crippen LogP contribution in [0.4, 0.5) is 0 Å². The van der Waals surface area contributed by atoms with Crippen molar-refractivity contribution in [3.63, 3.8) is 0 Å². The molecule has 0 aromatic heterocycles. The van der Waals surface area contributed by atoms with E-state index < -0.39 is 15.6 Å². The van der Waals surface area contributed by atoms with E-state index in [1.807, 2.05) is 0 Å². The second kappa shape index (κ2) is 5.38. The summed E-state index contributed by atoms with van der Waals surface area (Å²) in [5, 5.41) is 9.96. The van der Waals surface area contributed by atoms with Gasteiger partial charge in [0.15, 0.2) is 0 Å². The molecule has 1 atom stereocenters. The van der Waals surface area contributed by atoms with Crippen molar-refractivity contribution in [2.24, 2.45) is 0 Å². The Hall–Kier alpha value is -0.660. The molecular weight excluding hydrogens is 268 g/mol. The number of carbonyl (C=O) groups is 1. The van der Waals surface area contributed by atoms with Gasteiger partial charge in [0.25, 0.3) is 0 Å². The minimum absolute atomic E-state index is 0.0675. The molecule has 0 spiro atoms. The summed E-state index contributed by atoms with van der Waals surface area (Å²) in [7, 11) is -3.12. The molecule has 2 aliphatic rings.